The van der Waals surface area contributed by atoms with Crippen LogP contribution in [-0.4, -0.2) is 95.9 Å². The fourth-order valence-electron chi connectivity index (χ4n) is 9.69. The van der Waals surface area contributed by atoms with Gasteiger partial charge >= 0.3 is 33.6 Å². The van der Waals surface area contributed by atoms with Crippen LogP contribution in [0, 0.1) is 0 Å². The minimum absolute atomic E-state index is 0.0901. The molecule has 0 aromatic rings. The topological polar surface area (TPSA) is 231 Å². The van der Waals surface area contributed by atoms with Crippen LogP contribution in [-0.2, 0) is 55.8 Å². The molecule has 0 saturated heterocycles. The predicted octanol–water partition coefficient (Wildman–Crippen LogP) is 21.2. The maximum absolute atomic E-state index is 12.9. The molecular formula is C77H134O16P2. The van der Waals surface area contributed by atoms with Gasteiger partial charge in [0.15, 0.2) is 6.10 Å². The highest BCUT2D eigenvalue weighted by Crippen LogP contribution is 2.45. The van der Waals surface area contributed by atoms with Crippen molar-refractivity contribution in [2.45, 2.75) is 322 Å². The molecule has 18 heteroatoms. The van der Waals surface area contributed by atoms with Crippen molar-refractivity contribution in [1.29, 1.82) is 0 Å². The fourth-order valence-corrected chi connectivity index (χ4v) is 11.3. The molecule has 0 aliphatic rings. The lowest BCUT2D eigenvalue weighted by Crippen LogP contribution is -2.30. The summed E-state index contributed by atoms with van der Waals surface area (Å²) in [6.07, 6.45) is 80.0. The van der Waals surface area contributed by atoms with Crippen LogP contribution in [0.15, 0.2) is 109 Å². The number of hydrogen-bond acceptors (Lipinski definition) is 14. The lowest BCUT2D eigenvalue weighted by atomic mass is 10.1. The molecule has 0 aromatic carbocycles. The predicted molar refractivity (Wildman–Crippen MR) is 390 cm³/mol. The third-order valence-corrected chi connectivity index (χ3v) is 17.3. The minimum atomic E-state index is -4.93. The van der Waals surface area contributed by atoms with Crippen molar-refractivity contribution >= 4 is 33.6 Å². The number of aliphatic hydroxyl groups is 2. The summed E-state index contributed by atoms with van der Waals surface area (Å²) in [7, 11) is -9.78. The number of allylic oxidation sites excluding steroid dienone is 18. The van der Waals surface area contributed by atoms with E-state index in [2.05, 4.69) is 130 Å². The summed E-state index contributed by atoms with van der Waals surface area (Å²) in [4.78, 5) is 58.4. The van der Waals surface area contributed by atoms with Gasteiger partial charge in [0.1, 0.15) is 25.4 Å². The van der Waals surface area contributed by atoms with Gasteiger partial charge in [-0.1, -0.05) is 265 Å². The number of esters is 3. The fraction of sp³-hybridized carbons (Fsp3) is 0.727. The average molecular weight is 1380 g/mol. The van der Waals surface area contributed by atoms with Crippen LogP contribution >= 0.6 is 15.6 Å². The number of phosphoric acid groups is 2. The smallest absolute Gasteiger partial charge is 0.463 e. The zero-order chi connectivity index (χ0) is 69.5. The summed E-state index contributed by atoms with van der Waals surface area (Å²) < 4.78 is 60.9. The molecule has 0 rings (SSSR count). The first-order chi connectivity index (χ1) is 46.2. The normalized spacial score (nSPS) is 14.7. The monoisotopic (exact) mass is 1380 g/mol. The number of phosphoric ester groups is 2. The standard InChI is InChI=1S/C77H134O16P2/c1-4-7-10-13-16-19-22-24-26-28-30-32-34-35-37-39-40-42-44-46-49-51-54-57-60-63-75(80)87-66-72(78)67-89-94(83,84)90-68-73(79)69-91-95(85,86)92-71-74(93-77(82)65-62-59-56-53-48-21-18-15-12-9-6-3)70-88-76(81)64-61-58-55-52-50-47-45-43-41-38-36-33-31-29-27-25-23-20-17-14-11-8-5-2/h15-20,24-27,30-33,35,37-38,41,72-74,78-79H,4-14,21-23,28-29,34,36,39-40,42-71H2,1-3H3,(H,83,84)(H,85,86)/b18-15-,19-16-,20-17-,26-24-,27-25-,32-30-,33-31-,37-35-,41-38-. The highest BCUT2D eigenvalue weighted by atomic mass is 31.2. The maximum atomic E-state index is 12.9. The van der Waals surface area contributed by atoms with Gasteiger partial charge in [0.05, 0.1) is 26.4 Å². The second kappa shape index (κ2) is 70.1. The van der Waals surface area contributed by atoms with Crippen molar-refractivity contribution < 1.29 is 75.8 Å². The van der Waals surface area contributed by atoms with Gasteiger partial charge in [0.25, 0.3) is 0 Å². The summed E-state index contributed by atoms with van der Waals surface area (Å²) in [5.41, 5.74) is 0. The van der Waals surface area contributed by atoms with Gasteiger partial charge in [-0.15, -0.1) is 0 Å². The lowest BCUT2D eigenvalue weighted by Gasteiger charge is -2.21. The van der Waals surface area contributed by atoms with E-state index in [4.69, 9.17) is 32.3 Å². The summed E-state index contributed by atoms with van der Waals surface area (Å²) in [5, 5.41) is 20.6. The molecule has 0 aliphatic carbocycles. The van der Waals surface area contributed by atoms with Gasteiger partial charge in [-0.3, -0.25) is 32.5 Å². The Labute approximate surface area is 577 Å². The first-order valence-corrected chi connectivity index (χ1v) is 40.2. The van der Waals surface area contributed by atoms with Crippen LogP contribution in [0.5, 0.6) is 0 Å². The molecule has 0 aliphatic heterocycles. The molecule has 0 amide bonds. The van der Waals surface area contributed by atoms with Crippen molar-refractivity contribution in [2.24, 2.45) is 0 Å². The Morgan fingerprint density at radius 2 is 0.537 bits per heavy atom. The molecule has 0 saturated carbocycles. The molecule has 548 valence electrons. The number of carbonyl (C=O) groups excluding carboxylic acids is 3. The van der Waals surface area contributed by atoms with Gasteiger partial charge in [0, 0.05) is 19.3 Å². The van der Waals surface area contributed by atoms with E-state index >= 15 is 0 Å². The number of rotatable bonds is 70. The number of aliphatic hydroxyl groups excluding tert-OH is 2. The van der Waals surface area contributed by atoms with E-state index in [9.17, 15) is 43.5 Å². The zero-order valence-corrected chi connectivity index (χ0v) is 61.4. The van der Waals surface area contributed by atoms with E-state index in [-0.39, 0.29) is 19.3 Å². The van der Waals surface area contributed by atoms with Crippen LogP contribution in [0.25, 0.3) is 0 Å². The van der Waals surface area contributed by atoms with Gasteiger partial charge in [-0.25, -0.2) is 9.13 Å². The van der Waals surface area contributed by atoms with Crippen molar-refractivity contribution in [3.05, 3.63) is 109 Å². The Kier molecular flexibility index (Phi) is 67.3. The molecule has 5 unspecified atom stereocenters. The molecular weight excluding hydrogens is 1240 g/mol. The molecule has 0 radical (unpaired) electrons. The van der Waals surface area contributed by atoms with Crippen molar-refractivity contribution in [2.75, 3.05) is 39.6 Å². The molecule has 16 nitrogen and oxygen atoms in total. The molecule has 95 heavy (non-hydrogen) atoms. The molecule has 0 aromatic heterocycles. The third kappa shape index (κ3) is 71.3. The summed E-state index contributed by atoms with van der Waals surface area (Å²) in [6, 6.07) is 0. The highest BCUT2D eigenvalue weighted by Gasteiger charge is 2.29. The van der Waals surface area contributed by atoms with E-state index in [1.807, 2.05) is 0 Å². The van der Waals surface area contributed by atoms with Crippen LogP contribution < -0.4 is 0 Å². The molecule has 4 N–H and O–H groups in total. The van der Waals surface area contributed by atoms with Crippen LogP contribution in [0.1, 0.15) is 303 Å². The summed E-state index contributed by atoms with van der Waals surface area (Å²) >= 11 is 0. The molecule has 0 bridgehead atoms. The van der Waals surface area contributed by atoms with E-state index in [1.165, 1.54) is 89.9 Å². The van der Waals surface area contributed by atoms with Crippen molar-refractivity contribution in [3.8, 4) is 0 Å². The lowest BCUT2D eigenvalue weighted by molar-refractivity contribution is -0.161. The average Bonchev–Trinajstić information content (AvgIpc) is 2.80. The Balaban J connectivity index is 4.53. The number of unbranched alkanes of at least 4 members (excludes halogenated alkanes) is 29. The van der Waals surface area contributed by atoms with Gasteiger partial charge in [-0.05, 0) is 128 Å². The number of hydrogen-bond donors (Lipinski definition) is 4. The highest BCUT2D eigenvalue weighted by molar-refractivity contribution is 7.47. The minimum Gasteiger partial charge on any atom is -0.463 e. The Hall–Kier alpha value is -3.79. The van der Waals surface area contributed by atoms with E-state index in [0.29, 0.717) is 19.3 Å². The first kappa shape index (κ1) is 91.2. The van der Waals surface area contributed by atoms with E-state index in [0.717, 1.165) is 154 Å². The van der Waals surface area contributed by atoms with Gasteiger partial charge in [0.2, 0.25) is 0 Å². The van der Waals surface area contributed by atoms with Gasteiger partial charge < -0.3 is 34.2 Å². The summed E-state index contributed by atoms with van der Waals surface area (Å²) in [5.74, 6) is -1.60. The van der Waals surface area contributed by atoms with Crippen LogP contribution in [0.2, 0.25) is 0 Å². The second-order valence-corrected chi connectivity index (χ2v) is 27.6. The molecule has 0 spiro atoms. The maximum Gasteiger partial charge on any atom is 0.472 e. The summed E-state index contributed by atoms with van der Waals surface area (Å²) in [6.45, 7) is 2.55. The largest absolute Gasteiger partial charge is 0.472 e. The molecule has 0 fully saturated rings. The number of carbonyl (C=O) groups is 3. The van der Waals surface area contributed by atoms with Crippen LogP contribution in [0.3, 0.4) is 0 Å². The Bertz CT molecular complexity index is 2170. The second-order valence-electron chi connectivity index (χ2n) is 24.7. The van der Waals surface area contributed by atoms with Gasteiger partial charge in [-0.2, -0.15) is 0 Å². The van der Waals surface area contributed by atoms with Crippen molar-refractivity contribution in [1.82, 2.24) is 0 Å². The zero-order valence-electron chi connectivity index (χ0n) is 59.6. The number of ether oxygens (including phenoxy) is 3. The Morgan fingerprint density at radius 3 is 0.874 bits per heavy atom. The van der Waals surface area contributed by atoms with E-state index in [1.54, 1.807) is 0 Å². The quantitative estimate of drug-likeness (QED) is 0.0146. The SMILES string of the molecule is CCCC/C=C\CCCCCCCC(=O)OC(COC(=O)CCCCCCCCC/C=C\C/C=C\C/C=C\C/C=C\CCCCC)COP(=O)(O)OCC(O)COP(=O)(O)OCC(O)COC(=O)CCCCCCCCCCC/C=C\C/C=C\C/C=C\C/C=C\CCCCC. The first-order valence-electron chi connectivity index (χ1n) is 37.2. The molecule has 0 heterocycles. The van der Waals surface area contributed by atoms with E-state index < -0.39 is 91.5 Å². The van der Waals surface area contributed by atoms with Crippen molar-refractivity contribution in [3.63, 3.8) is 0 Å². The third-order valence-electron chi connectivity index (χ3n) is 15.4. The Morgan fingerprint density at radius 1 is 0.295 bits per heavy atom. The van der Waals surface area contributed by atoms with Crippen LogP contribution in [0.4, 0.5) is 0 Å². The molecule has 5 atom stereocenters.